The van der Waals surface area contributed by atoms with Gasteiger partial charge >= 0.3 is 0 Å². The Balaban J connectivity index is 1.71. The second kappa shape index (κ2) is 6.37. The van der Waals surface area contributed by atoms with Crippen molar-refractivity contribution in [3.63, 3.8) is 0 Å². The van der Waals surface area contributed by atoms with Crippen LogP contribution in [0.3, 0.4) is 0 Å². The zero-order chi connectivity index (χ0) is 15.6. The van der Waals surface area contributed by atoms with Gasteiger partial charge in [-0.25, -0.2) is 0 Å². The number of rotatable bonds is 3. The standard InChI is InChI=1S/C18H24N2O2/c1-18(21)8-10-22-13-16(18)17-3-2-9-20(17)12-15-6-4-14(11-19)5-7-15/h4-7,16-17,21H,2-3,8-10,12-13H2,1H3/t16-,17+,18+/m1/s1. The fourth-order valence-electron chi connectivity index (χ4n) is 3.80. The van der Waals surface area contributed by atoms with E-state index in [2.05, 4.69) is 11.0 Å². The molecule has 1 N–H and O–H groups in total. The zero-order valence-corrected chi connectivity index (χ0v) is 13.2. The molecule has 1 aromatic carbocycles. The quantitative estimate of drug-likeness (QED) is 0.930. The molecule has 4 nitrogen and oxygen atoms in total. The van der Waals surface area contributed by atoms with Crippen LogP contribution in [0.4, 0.5) is 0 Å². The Hall–Kier alpha value is -1.41. The maximum atomic E-state index is 10.7. The van der Waals surface area contributed by atoms with Crippen LogP contribution < -0.4 is 0 Å². The molecule has 0 saturated carbocycles. The molecule has 1 aromatic rings. The van der Waals surface area contributed by atoms with Gasteiger partial charge in [-0.1, -0.05) is 12.1 Å². The highest BCUT2D eigenvalue weighted by Crippen LogP contribution is 2.36. The molecule has 2 fully saturated rings. The fourth-order valence-corrected chi connectivity index (χ4v) is 3.80. The lowest BCUT2D eigenvalue weighted by molar-refractivity contribution is -0.123. The van der Waals surface area contributed by atoms with Crippen LogP contribution in [0.15, 0.2) is 24.3 Å². The Bertz CT molecular complexity index is 547. The van der Waals surface area contributed by atoms with Crippen LogP contribution in [-0.4, -0.2) is 41.4 Å². The first-order valence-corrected chi connectivity index (χ1v) is 8.13. The largest absolute Gasteiger partial charge is 0.390 e. The van der Waals surface area contributed by atoms with E-state index in [9.17, 15) is 5.11 Å². The van der Waals surface area contributed by atoms with E-state index < -0.39 is 5.60 Å². The Labute approximate surface area is 132 Å². The SMILES string of the molecule is C[C@]1(O)CCOC[C@@H]1[C@@H]1CCCN1Cc1ccc(C#N)cc1. The average Bonchev–Trinajstić information content (AvgIpc) is 2.95. The molecule has 4 heteroatoms. The summed E-state index contributed by atoms with van der Waals surface area (Å²) in [5, 5.41) is 19.6. The van der Waals surface area contributed by atoms with E-state index in [1.54, 1.807) is 0 Å². The van der Waals surface area contributed by atoms with E-state index in [0.29, 0.717) is 24.8 Å². The average molecular weight is 300 g/mol. The van der Waals surface area contributed by atoms with Crippen LogP contribution in [0.5, 0.6) is 0 Å². The minimum absolute atomic E-state index is 0.183. The van der Waals surface area contributed by atoms with Crippen molar-refractivity contribution in [2.75, 3.05) is 19.8 Å². The minimum Gasteiger partial charge on any atom is -0.390 e. The van der Waals surface area contributed by atoms with Gasteiger partial charge in [0, 0.05) is 25.1 Å². The number of nitriles is 1. The third-order valence-corrected chi connectivity index (χ3v) is 5.20. The Morgan fingerprint density at radius 3 is 2.86 bits per heavy atom. The van der Waals surface area contributed by atoms with Crippen molar-refractivity contribution in [3.05, 3.63) is 35.4 Å². The predicted molar refractivity (Wildman–Crippen MR) is 84.1 cm³/mol. The summed E-state index contributed by atoms with van der Waals surface area (Å²) in [6, 6.07) is 10.3. The molecule has 2 heterocycles. The van der Waals surface area contributed by atoms with E-state index in [1.807, 2.05) is 31.2 Å². The fraction of sp³-hybridized carbons (Fsp3) is 0.611. The molecule has 3 rings (SSSR count). The normalized spacial score (nSPS) is 32.8. The van der Waals surface area contributed by atoms with Gasteiger partial charge < -0.3 is 9.84 Å². The van der Waals surface area contributed by atoms with Gasteiger partial charge in [-0.3, -0.25) is 4.90 Å². The van der Waals surface area contributed by atoms with Gasteiger partial charge in [0.1, 0.15) is 0 Å². The molecular formula is C18H24N2O2. The van der Waals surface area contributed by atoms with Gasteiger partial charge in [0.2, 0.25) is 0 Å². The Morgan fingerprint density at radius 2 is 2.18 bits per heavy atom. The number of nitrogens with zero attached hydrogens (tertiary/aromatic N) is 2. The maximum Gasteiger partial charge on any atom is 0.0991 e. The van der Waals surface area contributed by atoms with Crippen molar-refractivity contribution in [3.8, 4) is 6.07 Å². The second-order valence-corrected chi connectivity index (χ2v) is 6.78. The highest BCUT2D eigenvalue weighted by atomic mass is 16.5. The van der Waals surface area contributed by atoms with E-state index in [4.69, 9.17) is 10.00 Å². The van der Waals surface area contributed by atoms with E-state index in [1.165, 1.54) is 12.0 Å². The first kappa shape index (κ1) is 15.5. The lowest BCUT2D eigenvalue weighted by Crippen LogP contribution is -2.52. The molecule has 0 spiro atoms. The molecule has 0 bridgehead atoms. The van der Waals surface area contributed by atoms with Crippen molar-refractivity contribution in [1.29, 1.82) is 5.26 Å². The van der Waals surface area contributed by atoms with Crippen molar-refractivity contribution in [2.45, 2.75) is 44.4 Å². The van der Waals surface area contributed by atoms with Crippen molar-refractivity contribution in [2.24, 2.45) is 5.92 Å². The van der Waals surface area contributed by atoms with Crippen LogP contribution in [0.1, 0.15) is 37.3 Å². The number of likely N-dealkylation sites (tertiary alicyclic amines) is 1. The van der Waals surface area contributed by atoms with Crippen LogP contribution >= 0.6 is 0 Å². The molecule has 2 aliphatic heterocycles. The van der Waals surface area contributed by atoms with Gasteiger partial charge in [0.25, 0.3) is 0 Å². The summed E-state index contributed by atoms with van der Waals surface area (Å²) in [5.41, 5.74) is 1.29. The third kappa shape index (κ3) is 3.17. The number of aliphatic hydroxyl groups is 1. The molecule has 0 radical (unpaired) electrons. The Morgan fingerprint density at radius 1 is 1.41 bits per heavy atom. The molecule has 0 aromatic heterocycles. The molecule has 118 valence electrons. The highest BCUT2D eigenvalue weighted by Gasteiger charge is 2.43. The van der Waals surface area contributed by atoms with Crippen LogP contribution in [0.25, 0.3) is 0 Å². The molecule has 0 amide bonds. The van der Waals surface area contributed by atoms with E-state index in [-0.39, 0.29) is 5.92 Å². The highest BCUT2D eigenvalue weighted by molar-refractivity contribution is 5.31. The van der Waals surface area contributed by atoms with Crippen molar-refractivity contribution < 1.29 is 9.84 Å². The summed E-state index contributed by atoms with van der Waals surface area (Å²) >= 11 is 0. The lowest BCUT2D eigenvalue weighted by Gasteiger charge is -2.43. The maximum absolute atomic E-state index is 10.7. The van der Waals surface area contributed by atoms with Gasteiger partial charge in [-0.15, -0.1) is 0 Å². The number of hydrogen-bond acceptors (Lipinski definition) is 4. The zero-order valence-electron chi connectivity index (χ0n) is 13.2. The Kier molecular flexibility index (Phi) is 4.49. The van der Waals surface area contributed by atoms with Crippen LogP contribution in [-0.2, 0) is 11.3 Å². The van der Waals surface area contributed by atoms with Crippen LogP contribution in [0, 0.1) is 17.2 Å². The second-order valence-electron chi connectivity index (χ2n) is 6.78. The third-order valence-electron chi connectivity index (χ3n) is 5.20. The molecule has 2 aliphatic rings. The summed E-state index contributed by atoms with van der Waals surface area (Å²) in [5.74, 6) is 0.183. The monoisotopic (exact) mass is 300 g/mol. The van der Waals surface area contributed by atoms with Crippen LogP contribution in [0.2, 0.25) is 0 Å². The van der Waals surface area contributed by atoms with Gasteiger partial charge in [0.05, 0.1) is 23.8 Å². The predicted octanol–water partition coefficient (Wildman–Crippen LogP) is 2.31. The molecule has 22 heavy (non-hydrogen) atoms. The molecule has 0 unspecified atom stereocenters. The number of ether oxygens (including phenoxy) is 1. The summed E-state index contributed by atoms with van der Waals surface area (Å²) in [4.78, 5) is 2.47. The number of hydrogen-bond donors (Lipinski definition) is 1. The van der Waals surface area contributed by atoms with Gasteiger partial charge in [-0.2, -0.15) is 5.26 Å². The summed E-state index contributed by atoms with van der Waals surface area (Å²) in [6.07, 6.45) is 3.02. The van der Waals surface area contributed by atoms with Crippen molar-refractivity contribution in [1.82, 2.24) is 4.90 Å². The molecule has 0 aliphatic carbocycles. The molecule has 3 atom stereocenters. The smallest absolute Gasteiger partial charge is 0.0991 e. The first-order valence-electron chi connectivity index (χ1n) is 8.13. The van der Waals surface area contributed by atoms with E-state index >= 15 is 0 Å². The topological polar surface area (TPSA) is 56.5 Å². The summed E-state index contributed by atoms with van der Waals surface area (Å²) < 4.78 is 5.64. The lowest BCUT2D eigenvalue weighted by atomic mass is 9.79. The van der Waals surface area contributed by atoms with Gasteiger partial charge in [0.15, 0.2) is 0 Å². The summed E-state index contributed by atoms with van der Waals surface area (Å²) in [7, 11) is 0. The first-order chi connectivity index (χ1) is 10.6. The molecule has 2 saturated heterocycles. The number of benzene rings is 1. The van der Waals surface area contributed by atoms with Crippen molar-refractivity contribution >= 4 is 0 Å². The minimum atomic E-state index is -0.629. The van der Waals surface area contributed by atoms with E-state index in [0.717, 1.165) is 25.9 Å². The molecular weight excluding hydrogens is 276 g/mol. The summed E-state index contributed by atoms with van der Waals surface area (Å²) in [6.45, 7) is 5.21. The van der Waals surface area contributed by atoms with Gasteiger partial charge in [-0.05, 0) is 50.4 Å².